The molecule has 0 amide bonds. The van der Waals surface area contributed by atoms with E-state index in [-0.39, 0.29) is 11.1 Å². The molecule has 0 aliphatic rings. The van der Waals surface area contributed by atoms with Gasteiger partial charge in [0.1, 0.15) is 11.6 Å². The zero-order valence-electron chi connectivity index (χ0n) is 14.3. The molecule has 1 unspecified atom stereocenters. The average Bonchev–Trinajstić information content (AvgIpc) is 2.55. The van der Waals surface area contributed by atoms with Gasteiger partial charge < -0.3 is 4.74 Å². The molecule has 3 nitrogen and oxygen atoms in total. The molecule has 0 saturated carbocycles. The lowest BCUT2D eigenvalue weighted by Crippen LogP contribution is -2.17. The van der Waals surface area contributed by atoms with Crippen LogP contribution >= 0.6 is 0 Å². The van der Waals surface area contributed by atoms with E-state index in [0.29, 0.717) is 5.75 Å². The summed E-state index contributed by atoms with van der Waals surface area (Å²) < 4.78 is 59.7. The van der Waals surface area contributed by atoms with Gasteiger partial charge in [-0.05, 0) is 43.2 Å². The molecule has 0 radical (unpaired) electrons. The van der Waals surface area contributed by atoms with E-state index in [2.05, 4.69) is 4.74 Å². The minimum Gasteiger partial charge on any atom is -0.423 e. The van der Waals surface area contributed by atoms with Gasteiger partial charge in [-0.3, -0.25) is 4.74 Å². The van der Waals surface area contributed by atoms with Crippen LogP contribution in [0.5, 0.6) is 5.75 Å². The minimum absolute atomic E-state index is 0.108. The van der Waals surface area contributed by atoms with Gasteiger partial charge in [0.15, 0.2) is 0 Å². The fourth-order valence-electron chi connectivity index (χ4n) is 2.43. The minimum atomic E-state index is -4.88. The maximum absolute atomic E-state index is 14.1. The number of hydrogen-bond acceptors (Lipinski definition) is 3. The molecule has 0 heterocycles. The molecule has 2 aromatic carbocycles. The highest BCUT2D eigenvalue weighted by atomic mass is 19.4. The van der Waals surface area contributed by atoms with Crippen LogP contribution in [-0.4, -0.2) is 12.3 Å². The van der Waals surface area contributed by atoms with Gasteiger partial charge in [-0.25, -0.2) is 9.18 Å². The Kier molecular flexibility index (Phi) is 6.37. The van der Waals surface area contributed by atoms with Gasteiger partial charge in [-0.2, -0.15) is 0 Å². The Morgan fingerprint density at radius 2 is 1.77 bits per heavy atom. The number of alkyl halides is 3. The van der Waals surface area contributed by atoms with Crippen molar-refractivity contribution >= 4 is 5.97 Å². The second kappa shape index (κ2) is 8.31. The van der Waals surface area contributed by atoms with E-state index in [9.17, 15) is 22.4 Å². The Hall–Kier alpha value is -2.41. The van der Waals surface area contributed by atoms with Crippen molar-refractivity contribution in [2.45, 2.75) is 39.2 Å². The number of benzene rings is 2. The summed E-state index contributed by atoms with van der Waals surface area (Å²) in [5.41, 5.74) is 0.687. The van der Waals surface area contributed by atoms with Gasteiger partial charge in [0, 0.05) is 5.56 Å². The third-order valence-electron chi connectivity index (χ3n) is 3.66. The van der Waals surface area contributed by atoms with Crippen molar-refractivity contribution < 1.29 is 31.8 Å². The summed E-state index contributed by atoms with van der Waals surface area (Å²) in [6, 6.07) is 10.0. The second-order valence-corrected chi connectivity index (χ2v) is 5.73. The van der Waals surface area contributed by atoms with E-state index in [1.165, 1.54) is 6.07 Å². The summed E-state index contributed by atoms with van der Waals surface area (Å²) in [5.74, 6) is -1.48. The predicted octanol–water partition coefficient (Wildman–Crippen LogP) is 5.59. The van der Waals surface area contributed by atoms with Crippen LogP contribution in [0, 0.1) is 5.82 Å². The molecule has 0 saturated heterocycles. The Bertz CT molecular complexity index is 754. The summed E-state index contributed by atoms with van der Waals surface area (Å²) >= 11 is 0. The molecule has 7 heteroatoms. The van der Waals surface area contributed by atoms with E-state index >= 15 is 0 Å². The van der Waals surface area contributed by atoms with Gasteiger partial charge in [-0.15, -0.1) is 13.2 Å². The number of halogens is 4. The molecule has 2 rings (SSSR count). The van der Waals surface area contributed by atoms with Gasteiger partial charge in [-0.1, -0.05) is 31.5 Å². The quantitative estimate of drug-likeness (QED) is 0.377. The Morgan fingerprint density at radius 1 is 1.12 bits per heavy atom. The fourth-order valence-corrected chi connectivity index (χ4v) is 2.43. The van der Waals surface area contributed by atoms with E-state index in [1.54, 1.807) is 12.1 Å². The SMILES string of the molecule is CCCc1ccc(OC(=O)c2ccc(C(C)OC(F)(F)F)c(F)c2)cc1. The van der Waals surface area contributed by atoms with Crippen molar-refractivity contribution in [3.8, 4) is 5.75 Å². The summed E-state index contributed by atoms with van der Waals surface area (Å²) in [6.45, 7) is 3.12. The standard InChI is InChI=1S/C19H18F4O3/c1-3-4-13-5-8-15(9-6-13)25-18(24)14-7-10-16(17(20)11-14)12(2)26-19(21,22)23/h5-12H,3-4H2,1-2H3. The first-order valence-corrected chi connectivity index (χ1v) is 8.04. The number of hydrogen-bond donors (Lipinski definition) is 0. The normalized spacial score (nSPS) is 12.7. The van der Waals surface area contributed by atoms with Crippen molar-refractivity contribution in [1.82, 2.24) is 0 Å². The molecule has 0 aliphatic carbocycles. The maximum atomic E-state index is 14.1. The van der Waals surface area contributed by atoms with Crippen molar-refractivity contribution in [3.05, 3.63) is 65.0 Å². The summed E-state index contributed by atoms with van der Waals surface area (Å²) in [4.78, 5) is 12.1. The van der Waals surface area contributed by atoms with Crippen LogP contribution in [-0.2, 0) is 11.2 Å². The molecule has 0 aromatic heterocycles. The fraction of sp³-hybridized carbons (Fsp3) is 0.316. The first-order valence-electron chi connectivity index (χ1n) is 8.04. The number of aryl methyl sites for hydroxylation is 1. The van der Waals surface area contributed by atoms with Crippen molar-refractivity contribution in [2.75, 3.05) is 0 Å². The largest absolute Gasteiger partial charge is 0.523 e. The van der Waals surface area contributed by atoms with Crippen molar-refractivity contribution in [3.63, 3.8) is 0 Å². The first kappa shape index (κ1) is 19.9. The summed E-state index contributed by atoms with van der Waals surface area (Å²) in [6.07, 6.45) is -4.53. The van der Waals surface area contributed by atoms with Crippen LogP contribution in [0.1, 0.15) is 47.9 Å². The summed E-state index contributed by atoms with van der Waals surface area (Å²) in [5, 5.41) is 0. The van der Waals surface area contributed by atoms with Crippen LogP contribution in [0.2, 0.25) is 0 Å². The number of esters is 1. The Morgan fingerprint density at radius 3 is 2.31 bits per heavy atom. The van der Waals surface area contributed by atoms with Gasteiger partial charge in [0.2, 0.25) is 0 Å². The molecule has 2 aromatic rings. The molecular formula is C19H18F4O3. The third kappa shape index (κ3) is 5.56. The average molecular weight is 370 g/mol. The molecule has 0 N–H and O–H groups in total. The topological polar surface area (TPSA) is 35.5 Å². The van der Waals surface area contributed by atoms with E-state index < -0.39 is 24.3 Å². The van der Waals surface area contributed by atoms with Gasteiger partial charge in [0.05, 0.1) is 11.7 Å². The third-order valence-corrected chi connectivity index (χ3v) is 3.66. The molecule has 0 spiro atoms. The van der Waals surface area contributed by atoms with Gasteiger partial charge >= 0.3 is 12.3 Å². The number of carbonyl (C=O) groups is 1. The monoisotopic (exact) mass is 370 g/mol. The Labute approximate surface area is 148 Å². The maximum Gasteiger partial charge on any atom is 0.523 e. The predicted molar refractivity (Wildman–Crippen MR) is 87.4 cm³/mol. The van der Waals surface area contributed by atoms with Crippen LogP contribution in [0.15, 0.2) is 42.5 Å². The number of ether oxygens (including phenoxy) is 2. The first-order chi connectivity index (χ1) is 12.2. The zero-order valence-corrected chi connectivity index (χ0v) is 14.3. The number of rotatable bonds is 6. The van der Waals surface area contributed by atoms with E-state index in [0.717, 1.165) is 37.5 Å². The molecule has 0 bridgehead atoms. The van der Waals surface area contributed by atoms with Gasteiger partial charge in [0.25, 0.3) is 0 Å². The number of carbonyl (C=O) groups excluding carboxylic acids is 1. The Balaban J connectivity index is 2.08. The lowest BCUT2D eigenvalue weighted by atomic mass is 10.1. The van der Waals surface area contributed by atoms with Crippen molar-refractivity contribution in [1.29, 1.82) is 0 Å². The highest BCUT2D eigenvalue weighted by Gasteiger charge is 2.33. The molecular weight excluding hydrogens is 352 g/mol. The highest BCUT2D eigenvalue weighted by molar-refractivity contribution is 5.91. The molecule has 1 atom stereocenters. The lowest BCUT2D eigenvalue weighted by molar-refractivity contribution is -0.342. The lowest BCUT2D eigenvalue weighted by Gasteiger charge is -2.16. The van der Waals surface area contributed by atoms with E-state index in [1.807, 2.05) is 19.1 Å². The molecule has 26 heavy (non-hydrogen) atoms. The van der Waals surface area contributed by atoms with Crippen LogP contribution in [0.25, 0.3) is 0 Å². The second-order valence-electron chi connectivity index (χ2n) is 5.73. The zero-order chi connectivity index (χ0) is 19.3. The van der Waals surface area contributed by atoms with Crippen LogP contribution in [0.3, 0.4) is 0 Å². The summed E-state index contributed by atoms with van der Waals surface area (Å²) in [7, 11) is 0. The smallest absolute Gasteiger partial charge is 0.423 e. The van der Waals surface area contributed by atoms with E-state index in [4.69, 9.17) is 4.74 Å². The van der Waals surface area contributed by atoms with Crippen LogP contribution < -0.4 is 4.74 Å². The molecule has 0 aliphatic heterocycles. The van der Waals surface area contributed by atoms with Crippen LogP contribution in [0.4, 0.5) is 17.6 Å². The molecule has 140 valence electrons. The van der Waals surface area contributed by atoms with Crippen molar-refractivity contribution in [2.24, 2.45) is 0 Å². The highest BCUT2D eigenvalue weighted by Crippen LogP contribution is 2.29. The molecule has 0 fully saturated rings.